The van der Waals surface area contributed by atoms with E-state index in [1.165, 1.54) is 11.3 Å². The van der Waals surface area contributed by atoms with Crippen LogP contribution in [-0.4, -0.2) is 37.4 Å². The number of hydroxylamine groups is 3. The van der Waals surface area contributed by atoms with Gasteiger partial charge in [-0.05, 0) is 24.6 Å². The topological polar surface area (TPSA) is 12.5 Å². The molecule has 23 heavy (non-hydrogen) atoms. The summed E-state index contributed by atoms with van der Waals surface area (Å²) in [4.78, 5) is 8.87. The van der Waals surface area contributed by atoms with Crippen LogP contribution < -0.4 is 4.90 Å². The van der Waals surface area contributed by atoms with Gasteiger partial charge in [-0.3, -0.25) is 0 Å². The van der Waals surface area contributed by atoms with Gasteiger partial charge in [0.15, 0.2) is 0 Å². The van der Waals surface area contributed by atoms with Gasteiger partial charge in [-0.1, -0.05) is 48.5 Å². The summed E-state index contributed by atoms with van der Waals surface area (Å²) in [7, 11) is 0. The van der Waals surface area contributed by atoms with E-state index < -0.39 is 0 Å². The number of hydrogen-bond acceptors (Lipinski definition) is 2. The molecule has 0 amide bonds. The van der Waals surface area contributed by atoms with Crippen LogP contribution in [0, 0.1) is 0 Å². The Balaban J connectivity index is 1.64. The van der Waals surface area contributed by atoms with Crippen molar-refractivity contribution in [2.45, 2.75) is 20.0 Å². The average molecular weight is 311 g/mol. The van der Waals surface area contributed by atoms with Gasteiger partial charge in [0.1, 0.15) is 26.2 Å². The van der Waals surface area contributed by atoms with E-state index in [1.54, 1.807) is 0 Å². The number of quaternary nitrogens is 1. The number of benzene rings is 2. The fourth-order valence-corrected chi connectivity index (χ4v) is 3.30. The zero-order valence-corrected chi connectivity index (χ0v) is 14.0. The van der Waals surface area contributed by atoms with Crippen molar-refractivity contribution in [3.63, 3.8) is 0 Å². The lowest BCUT2D eigenvalue weighted by atomic mass is 10.2. The molecule has 1 aliphatic heterocycles. The Morgan fingerprint density at radius 1 is 0.913 bits per heavy atom. The molecule has 1 atom stereocenters. The molecule has 3 nitrogen and oxygen atoms in total. The van der Waals surface area contributed by atoms with E-state index in [0.717, 1.165) is 43.8 Å². The minimum absolute atomic E-state index is 0.694. The number of hydrogen-bond donors (Lipinski definition) is 0. The molecular formula is C20H27N2O+. The quantitative estimate of drug-likeness (QED) is 0.777. The van der Waals surface area contributed by atoms with Crippen LogP contribution >= 0.6 is 0 Å². The molecule has 3 rings (SSSR count). The van der Waals surface area contributed by atoms with Crippen LogP contribution in [0.4, 0.5) is 5.69 Å². The molecule has 0 aliphatic carbocycles. The van der Waals surface area contributed by atoms with Crippen LogP contribution in [0.15, 0.2) is 60.7 Å². The van der Waals surface area contributed by atoms with E-state index in [1.807, 2.05) is 0 Å². The van der Waals surface area contributed by atoms with Crippen molar-refractivity contribution in [1.29, 1.82) is 0 Å². The number of rotatable bonds is 5. The van der Waals surface area contributed by atoms with Gasteiger partial charge >= 0.3 is 0 Å². The SMILES string of the molecule is CC[N+]1(OCc2ccccc2)CCCN(c2ccccc2)CC1. The van der Waals surface area contributed by atoms with E-state index in [2.05, 4.69) is 72.5 Å². The summed E-state index contributed by atoms with van der Waals surface area (Å²) >= 11 is 0. The first kappa shape index (κ1) is 16.0. The van der Waals surface area contributed by atoms with E-state index in [-0.39, 0.29) is 0 Å². The second-order valence-corrected chi connectivity index (χ2v) is 6.26. The summed E-state index contributed by atoms with van der Waals surface area (Å²) < 4.78 is 0.762. The molecule has 3 heteroatoms. The Morgan fingerprint density at radius 3 is 2.30 bits per heavy atom. The highest BCUT2D eigenvalue weighted by molar-refractivity contribution is 5.45. The molecule has 1 saturated heterocycles. The molecule has 1 heterocycles. The van der Waals surface area contributed by atoms with Crippen molar-refractivity contribution in [1.82, 2.24) is 0 Å². The monoisotopic (exact) mass is 311 g/mol. The zero-order chi connectivity index (χ0) is 16.0. The van der Waals surface area contributed by atoms with E-state index in [4.69, 9.17) is 4.84 Å². The summed E-state index contributed by atoms with van der Waals surface area (Å²) in [6.07, 6.45) is 1.16. The van der Waals surface area contributed by atoms with Crippen LogP contribution in [-0.2, 0) is 11.4 Å². The predicted molar refractivity (Wildman–Crippen MR) is 95.0 cm³/mol. The van der Waals surface area contributed by atoms with Crippen LogP contribution in [0.2, 0.25) is 0 Å². The maximum absolute atomic E-state index is 6.38. The molecule has 0 radical (unpaired) electrons. The third-order valence-corrected chi connectivity index (χ3v) is 4.82. The maximum Gasteiger partial charge on any atom is 0.131 e. The molecule has 122 valence electrons. The van der Waals surface area contributed by atoms with E-state index >= 15 is 0 Å². The second kappa shape index (κ2) is 7.62. The molecule has 1 aliphatic rings. The van der Waals surface area contributed by atoms with Crippen LogP contribution in [0.3, 0.4) is 0 Å². The summed E-state index contributed by atoms with van der Waals surface area (Å²) in [5.41, 5.74) is 2.58. The predicted octanol–water partition coefficient (Wildman–Crippen LogP) is 3.87. The van der Waals surface area contributed by atoms with Crippen molar-refractivity contribution in [3.8, 4) is 0 Å². The fourth-order valence-electron chi connectivity index (χ4n) is 3.30. The van der Waals surface area contributed by atoms with Gasteiger partial charge in [0.05, 0.1) is 6.54 Å². The lowest BCUT2D eigenvalue weighted by Crippen LogP contribution is -2.49. The first-order chi connectivity index (χ1) is 11.3. The molecule has 0 bridgehead atoms. The minimum atomic E-state index is 0.694. The Bertz CT molecular complexity index is 587. The molecule has 0 spiro atoms. The van der Waals surface area contributed by atoms with Gasteiger partial charge in [0.2, 0.25) is 0 Å². The number of para-hydroxylation sites is 1. The highest BCUT2D eigenvalue weighted by Gasteiger charge is 2.31. The third kappa shape index (κ3) is 4.12. The van der Waals surface area contributed by atoms with E-state index in [0.29, 0.717) is 6.61 Å². The van der Waals surface area contributed by atoms with Gasteiger partial charge in [-0.2, -0.15) is 9.48 Å². The molecule has 1 fully saturated rings. The van der Waals surface area contributed by atoms with E-state index in [9.17, 15) is 0 Å². The summed E-state index contributed by atoms with van der Waals surface area (Å²) in [5, 5.41) is 0. The standard InChI is InChI=1S/C20H27N2O/c1-2-22(23-18-19-10-5-3-6-11-19)16-9-14-21(15-17-22)20-12-7-4-8-13-20/h3-8,10-13H,2,9,14-18H2,1H3/q+1. The fraction of sp³-hybridized carbons (Fsp3) is 0.400. The summed E-state index contributed by atoms with van der Waals surface area (Å²) in [5.74, 6) is 0. The van der Waals surface area contributed by atoms with Crippen LogP contribution in [0.5, 0.6) is 0 Å². The lowest BCUT2D eigenvalue weighted by Gasteiger charge is -2.33. The van der Waals surface area contributed by atoms with Crippen molar-refractivity contribution in [2.24, 2.45) is 0 Å². The van der Waals surface area contributed by atoms with Gasteiger partial charge in [-0.25, -0.2) is 0 Å². The smallest absolute Gasteiger partial charge is 0.131 e. The molecule has 0 N–H and O–H groups in total. The van der Waals surface area contributed by atoms with Crippen molar-refractivity contribution >= 4 is 5.69 Å². The zero-order valence-electron chi connectivity index (χ0n) is 14.0. The average Bonchev–Trinajstić information content (AvgIpc) is 2.85. The molecule has 2 aromatic rings. The maximum atomic E-state index is 6.38. The first-order valence-corrected chi connectivity index (χ1v) is 8.66. The minimum Gasteiger partial charge on any atom is -0.366 e. The van der Waals surface area contributed by atoms with Crippen molar-refractivity contribution < 1.29 is 9.48 Å². The highest BCUT2D eigenvalue weighted by atomic mass is 16.7. The molecular weight excluding hydrogens is 284 g/mol. The van der Waals surface area contributed by atoms with Gasteiger partial charge in [0.25, 0.3) is 0 Å². The first-order valence-electron chi connectivity index (χ1n) is 8.66. The van der Waals surface area contributed by atoms with Gasteiger partial charge < -0.3 is 4.90 Å². The highest BCUT2D eigenvalue weighted by Crippen LogP contribution is 2.21. The largest absolute Gasteiger partial charge is 0.366 e. The Labute approximate surface area is 139 Å². The number of nitrogens with zero attached hydrogens (tertiary/aromatic N) is 2. The molecule has 2 aromatic carbocycles. The Kier molecular flexibility index (Phi) is 5.31. The summed E-state index contributed by atoms with van der Waals surface area (Å²) in [6.45, 7) is 8.24. The molecule has 0 saturated carbocycles. The number of likely N-dealkylation sites (N-methyl/N-ethyl adjacent to an activating group) is 1. The van der Waals surface area contributed by atoms with Gasteiger partial charge in [-0.15, -0.1) is 0 Å². The van der Waals surface area contributed by atoms with Crippen LogP contribution in [0.25, 0.3) is 0 Å². The number of anilines is 1. The third-order valence-electron chi connectivity index (χ3n) is 4.82. The Hall–Kier alpha value is -1.84. The second-order valence-electron chi connectivity index (χ2n) is 6.26. The van der Waals surface area contributed by atoms with Crippen LogP contribution in [0.1, 0.15) is 18.9 Å². The van der Waals surface area contributed by atoms with Crippen molar-refractivity contribution in [2.75, 3.05) is 37.6 Å². The lowest BCUT2D eigenvalue weighted by molar-refractivity contribution is -1.11. The normalized spacial score (nSPS) is 21.9. The Morgan fingerprint density at radius 2 is 1.61 bits per heavy atom. The van der Waals surface area contributed by atoms with Gasteiger partial charge in [0, 0.05) is 18.7 Å². The summed E-state index contributed by atoms with van der Waals surface area (Å²) in [6, 6.07) is 21.2. The molecule has 1 unspecified atom stereocenters. The van der Waals surface area contributed by atoms with Crippen molar-refractivity contribution in [3.05, 3.63) is 66.2 Å². The molecule has 0 aromatic heterocycles.